The second-order valence-corrected chi connectivity index (χ2v) is 5.10. The topological polar surface area (TPSA) is 38.3 Å². The summed E-state index contributed by atoms with van der Waals surface area (Å²) in [6.45, 7) is 10.0. The summed E-state index contributed by atoms with van der Waals surface area (Å²) < 4.78 is 5.87. The first-order valence-electron chi connectivity index (χ1n) is 7.02. The highest BCUT2D eigenvalue weighted by Gasteiger charge is 2.20. The largest absolute Gasteiger partial charge is 0.480 e. The van der Waals surface area contributed by atoms with E-state index in [9.17, 15) is 4.79 Å². The predicted octanol–water partition coefficient (Wildman–Crippen LogP) is 3.38. The summed E-state index contributed by atoms with van der Waals surface area (Å²) >= 11 is 0. The fourth-order valence-electron chi connectivity index (χ4n) is 1.75. The van der Waals surface area contributed by atoms with Gasteiger partial charge in [0.15, 0.2) is 6.10 Å². The van der Waals surface area contributed by atoms with Crippen molar-refractivity contribution in [3.05, 3.63) is 29.3 Å². The van der Waals surface area contributed by atoms with Crippen molar-refractivity contribution >= 4 is 5.91 Å². The second kappa shape index (κ2) is 7.17. The monoisotopic (exact) mass is 263 g/mol. The molecule has 1 N–H and O–H groups in total. The number of carbonyl (C=O) groups is 1. The Hall–Kier alpha value is -1.51. The molecule has 0 unspecified atom stereocenters. The van der Waals surface area contributed by atoms with Gasteiger partial charge in [0.2, 0.25) is 0 Å². The smallest absolute Gasteiger partial charge is 0.261 e. The van der Waals surface area contributed by atoms with Crippen molar-refractivity contribution in [2.24, 2.45) is 0 Å². The van der Waals surface area contributed by atoms with Gasteiger partial charge in [-0.25, -0.2) is 0 Å². The van der Waals surface area contributed by atoms with Crippen LogP contribution in [0.5, 0.6) is 5.75 Å². The number of hydrogen-bond donors (Lipinski definition) is 1. The van der Waals surface area contributed by atoms with Crippen molar-refractivity contribution in [2.45, 2.75) is 59.6 Å². The van der Waals surface area contributed by atoms with Crippen LogP contribution < -0.4 is 10.1 Å². The zero-order valence-corrected chi connectivity index (χ0v) is 12.6. The Morgan fingerprint density at radius 3 is 2.53 bits per heavy atom. The van der Waals surface area contributed by atoms with Gasteiger partial charge in [-0.15, -0.1) is 0 Å². The molecule has 3 heteroatoms. The number of nitrogens with one attached hydrogen (secondary N) is 1. The molecule has 1 aromatic rings. The molecule has 106 valence electrons. The van der Waals surface area contributed by atoms with Crippen LogP contribution in [0, 0.1) is 13.8 Å². The van der Waals surface area contributed by atoms with E-state index < -0.39 is 6.10 Å². The standard InChI is InChI=1S/C16H25NO2/c1-6-13(5)17-16(18)14(7-2)19-15-10-11(3)8-9-12(15)4/h8-10,13-14H,6-7H2,1-5H3,(H,17,18)/t13-,14-/m0/s1. The van der Waals surface area contributed by atoms with E-state index in [1.165, 1.54) is 0 Å². The van der Waals surface area contributed by atoms with Crippen LogP contribution in [0.15, 0.2) is 18.2 Å². The van der Waals surface area contributed by atoms with Crippen LogP contribution in [0.1, 0.15) is 44.7 Å². The van der Waals surface area contributed by atoms with E-state index in [4.69, 9.17) is 4.74 Å². The van der Waals surface area contributed by atoms with Gasteiger partial charge in [0.05, 0.1) is 0 Å². The van der Waals surface area contributed by atoms with E-state index in [1.54, 1.807) is 0 Å². The number of carbonyl (C=O) groups excluding carboxylic acids is 1. The molecule has 0 aromatic heterocycles. The normalized spacial score (nSPS) is 13.7. The number of benzene rings is 1. The van der Waals surface area contributed by atoms with Gasteiger partial charge in [0.1, 0.15) is 5.75 Å². The average Bonchev–Trinajstić information content (AvgIpc) is 2.39. The van der Waals surface area contributed by atoms with Crippen LogP contribution in [-0.2, 0) is 4.79 Å². The van der Waals surface area contributed by atoms with Gasteiger partial charge in [-0.2, -0.15) is 0 Å². The third-order valence-electron chi connectivity index (χ3n) is 3.28. The van der Waals surface area contributed by atoms with Gasteiger partial charge in [-0.05, 0) is 50.8 Å². The first-order valence-corrected chi connectivity index (χ1v) is 7.02. The molecule has 19 heavy (non-hydrogen) atoms. The summed E-state index contributed by atoms with van der Waals surface area (Å²) in [5.41, 5.74) is 2.19. The molecule has 0 saturated carbocycles. The molecule has 3 nitrogen and oxygen atoms in total. The molecule has 1 aromatic carbocycles. The number of rotatable bonds is 6. The summed E-state index contributed by atoms with van der Waals surface area (Å²) in [7, 11) is 0. The van der Waals surface area contributed by atoms with Crippen LogP contribution in [0.2, 0.25) is 0 Å². The molecule has 0 fully saturated rings. The van der Waals surface area contributed by atoms with Crippen LogP contribution in [0.25, 0.3) is 0 Å². The minimum atomic E-state index is -0.422. The maximum Gasteiger partial charge on any atom is 0.261 e. The molecule has 2 atom stereocenters. The maximum absolute atomic E-state index is 12.1. The zero-order valence-electron chi connectivity index (χ0n) is 12.6. The minimum absolute atomic E-state index is 0.0299. The minimum Gasteiger partial charge on any atom is -0.480 e. The highest BCUT2D eigenvalue weighted by molar-refractivity contribution is 5.81. The first-order chi connectivity index (χ1) is 8.97. The molecular formula is C16H25NO2. The summed E-state index contributed by atoms with van der Waals surface area (Å²) in [6.07, 6.45) is 1.16. The number of amides is 1. The van der Waals surface area contributed by atoms with E-state index >= 15 is 0 Å². The predicted molar refractivity (Wildman–Crippen MR) is 78.5 cm³/mol. The molecule has 0 spiro atoms. The van der Waals surface area contributed by atoms with Crippen LogP contribution >= 0.6 is 0 Å². The van der Waals surface area contributed by atoms with Crippen molar-refractivity contribution < 1.29 is 9.53 Å². The van der Waals surface area contributed by atoms with E-state index in [1.807, 2.05) is 45.9 Å². The van der Waals surface area contributed by atoms with Crippen molar-refractivity contribution in [1.82, 2.24) is 5.32 Å². The van der Waals surface area contributed by atoms with Gasteiger partial charge in [0.25, 0.3) is 5.91 Å². The van der Waals surface area contributed by atoms with Gasteiger partial charge in [-0.3, -0.25) is 4.79 Å². The van der Waals surface area contributed by atoms with Crippen LogP contribution in [0.3, 0.4) is 0 Å². The van der Waals surface area contributed by atoms with Crippen molar-refractivity contribution in [3.8, 4) is 5.75 Å². The molecule has 0 bridgehead atoms. The van der Waals surface area contributed by atoms with Crippen molar-refractivity contribution in [1.29, 1.82) is 0 Å². The summed E-state index contributed by atoms with van der Waals surface area (Å²) in [4.78, 5) is 12.1. The zero-order chi connectivity index (χ0) is 14.4. The van der Waals surface area contributed by atoms with Crippen LogP contribution in [-0.4, -0.2) is 18.1 Å². The Labute approximate surface area is 116 Å². The Morgan fingerprint density at radius 1 is 1.26 bits per heavy atom. The molecule has 0 aliphatic heterocycles. The molecule has 1 rings (SSSR count). The van der Waals surface area contributed by atoms with Gasteiger partial charge in [-0.1, -0.05) is 26.0 Å². The molecule has 0 radical (unpaired) electrons. The van der Waals surface area contributed by atoms with Gasteiger partial charge >= 0.3 is 0 Å². The third kappa shape index (κ3) is 4.58. The highest BCUT2D eigenvalue weighted by Crippen LogP contribution is 2.21. The van der Waals surface area contributed by atoms with Crippen molar-refractivity contribution in [2.75, 3.05) is 0 Å². The van der Waals surface area contributed by atoms with E-state index in [0.29, 0.717) is 6.42 Å². The van der Waals surface area contributed by atoms with E-state index in [2.05, 4.69) is 12.2 Å². The second-order valence-electron chi connectivity index (χ2n) is 5.10. The number of ether oxygens (including phenoxy) is 1. The Morgan fingerprint density at radius 2 is 1.95 bits per heavy atom. The van der Waals surface area contributed by atoms with Gasteiger partial charge < -0.3 is 10.1 Å². The van der Waals surface area contributed by atoms with Crippen LogP contribution in [0.4, 0.5) is 0 Å². The lowest BCUT2D eigenvalue weighted by Crippen LogP contribution is -2.42. The number of aryl methyl sites for hydroxylation is 2. The molecule has 0 aliphatic rings. The summed E-state index contributed by atoms with van der Waals surface area (Å²) in [5.74, 6) is 0.768. The molecule has 0 saturated heterocycles. The third-order valence-corrected chi connectivity index (χ3v) is 3.28. The fraction of sp³-hybridized carbons (Fsp3) is 0.562. The Balaban J connectivity index is 2.76. The molecule has 0 heterocycles. The lowest BCUT2D eigenvalue weighted by Gasteiger charge is -2.21. The van der Waals surface area contributed by atoms with Gasteiger partial charge in [0, 0.05) is 6.04 Å². The Kier molecular flexibility index (Phi) is 5.87. The summed E-state index contributed by atoms with van der Waals surface area (Å²) in [6, 6.07) is 6.23. The lowest BCUT2D eigenvalue weighted by atomic mass is 10.1. The average molecular weight is 263 g/mol. The first kappa shape index (κ1) is 15.5. The van der Waals surface area contributed by atoms with E-state index in [0.717, 1.165) is 23.3 Å². The molecule has 0 aliphatic carbocycles. The quantitative estimate of drug-likeness (QED) is 0.854. The number of hydrogen-bond acceptors (Lipinski definition) is 2. The van der Waals surface area contributed by atoms with Crippen molar-refractivity contribution in [3.63, 3.8) is 0 Å². The SMILES string of the molecule is CC[C@H](Oc1cc(C)ccc1C)C(=O)N[C@@H](C)CC. The van der Waals surface area contributed by atoms with E-state index in [-0.39, 0.29) is 11.9 Å². The molecule has 1 amide bonds. The fourth-order valence-corrected chi connectivity index (χ4v) is 1.75. The molecular weight excluding hydrogens is 238 g/mol. The Bertz CT molecular complexity index is 429. The lowest BCUT2D eigenvalue weighted by molar-refractivity contribution is -0.128. The highest BCUT2D eigenvalue weighted by atomic mass is 16.5. The summed E-state index contributed by atoms with van der Waals surface area (Å²) in [5, 5.41) is 2.97. The maximum atomic E-state index is 12.1.